The van der Waals surface area contributed by atoms with Gasteiger partial charge in [0.15, 0.2) is 0 Å². The van der Waals surface area contributed by atoms with E-state index in [0.29, 0.717) is 0 Å². The summed E-state index contributed by atoms with van der Waals surface area (Å²) in [5.74, 6) is -1.62. The number of amides is 1. The lowest BCUT2D eigenvalue weighted by Crippen LogP contribution is -2.01. The standard InChI is InChI=1S/C7H5FNO/c8-6-4-2-1-3-5(6)7(9)10/h1-4,9H. The first-order valence-corrected chi connectivity index (χ1v) is 2.72. The number of carbonyl (C=O) groups is 1. The van der Waals surface area contributed by atoms with Gasteiger partial charge in [-0.15, -0.1) is 0 Å². The molecule has 0 spiro atoms. The molecule has 10 heavy (non-hydrogen) atoms. The molecule has 0 aromatic heterocycles. The van der Waals surface area contributed by atoms with Gasteiger partial charge in [-0.3, -0.25) is 10.5 Å². The molecule has 0 atom stereocenters. The van der Waals surface area contributed by atoms with Crippen LogP contribution in [0, 0.1) is 5.82 Å². The van der Waals surface area contributed by atoms with Gasteiger partial charge in [-0.1, -0.05) is 12.1 Å². The molecule has 3 heteroatoms. The van der Waals surface area contributed by atoms with E-state index in [0.717, 1.165) is 6.07 Å². The maximum absolute atomic E-state index is 12.5. The van der Waals surface area contributed by atoms with E-state index in [1.165, 1.54) is 18.2 Å². The predicted molar refractivity (Wildman–Crippen MR) is 33.8 cm³/mol. The molecular formula is C7H5FNO. The second-order valence-electron chi connectivity index (χ2n) is 1.81. The Morgan fingerprint density at radius 3 is 2.40 bits per heavy atom. The van der Waals surface area contributed by atoms with Gasteiger partial charge in [0.05, 0.1) is 5.56 Å². The highest BCUT2D eigenvalue weighted by Gasteiger charge is 2.05. The van der Waals surface area contributed by atoms with Crippen LogP contribution in [0.3, 0.4) is 0 Å². The first-order valence-electron chi connectivity index (χ1n) is 2.72. The minimum Gasteiger partial charge on any atom is -0.267 e. The highest BCUT2D eigenvalue weighted by Crippen LogP contribution is 2.04. The van der Waals surface area contributed by atoms with Crippen LogP contribution in [-0.2, 0) is 0 Å². The third-order valence-electron chi connectivity index (χ3n) is 1.12. The smallest absolute Gasteiger partial charge is 0.267 e. The Bertz CT molecular complexity index is 260. The molecule has 0 fully saturated rings. The molecule has 1 amide bonds. The first kappa shape index (κ1) is 6.74. The number of hydrogen-bond acceptors (Lipinski definition) is 1. The van der Waals surface area contributed by atoms with Crippen LogP contribution in [0.2, 0.25) is 0 Å². The molecule has 1 aromatic carbocycles. The fourth-order valence-corrected chi connectivity index (χ4v) is 0.645. The van der Waals surface area contributed by atoms with E-state index in [1.54, 1.807) is 0 Å². The number of halogens is 1. The summed E-state index contributed by atoms with van der Waals surface area (Å²) in [6.45, 7) is 0. The summed E-state index contributed by atoms with van der Waals surface area (Å²) in [6, 6.07) is 5.43. The van der Waals surface area contributed by atoms with E-state index in [4.69, 9.17) is 5.73 Å². The lowest BCUT2D eigenvalue weighted by molar-refractivity contribution is 0.0988. The van der Waals surface area contributed by atoms with E-state index >= 15 is 0 Å². The summed E-state index contributed by atoms with van der Waals surface area (Å²) in [5, 5.41) is 0. The highest BCUT2D eigenvalue weighted by atomic mass is 19.1. The normalized spacial score (nSPS) is 9.30. The first-order chi connectivity index (χ1) is 4.72. The van der Waals surface area contributed by atoms with Crippen molar-refractivity contribution in [3.05, 3.63) is 35.6 Å². The fourth-order valence-electron chi connectivity index (χ4n) is 0.645. The average molecular weight is 138 g/mol. The summed E-state index contributed by atoms with van der Waals surface area (Å²) in [4.78, 5) is 10.3. The molecule has 0 saturated carbocycles. The van der Waals surface area contributed by atoms with Crippen molar-refractivity contribution in [1.82, 2.24) is 5.73 Å². The number of hydrogen-bond donors (Lipinski definition) is 0. The maximum Gasteiger partial charge on any atom is 0.272 e. The van der Waals surface area contributed by atoms with Gasteiger partial charge in [0.1, 0.15) is 5.82 Å². The molecule has 0 aliphatic heterocycles. The topological polar surface area (TPSA) is 40.9 Å². The summed E-state index contributed by atoms with van der Waals surface area (Å²) in [6.07, 6.45) is 0. The molecule has 0 saturated heterocycles. The fraction of sp³-hybridized carbons (Fsp3) is 0. The number of rotatable bonds is 1. The Morgan fingerprint density at radius 1 is 1.40 bits per heavy atom. The maximum atomic E-state index is 12.5. The van der Waals surface area contributed by atoms with E-state index < -0.39 is 11.7 Å². The van der Waals surface area contributed by atoms with Gasteiger partial charge in [-0.05, 0) is 12.1 Å². The van der Waals surface area contributed by atoms with Crippen LogP contribution in [0.5, 0.6) is 0 Å². The number of carbonyl (C=O) groups excluding carboxylic acids is 1. The molecular weight excluding hydrogens is 133 g/mol. The second kappa shape index (κ2) is 2.47. The summed E-state index contributed by atoms with van der Waals surface area (Å²) in [7, 11) is 0. The molecule has 51 valence electrons. The lowest BCUT2D eigenvalue weighted by atomic mass is 10.2. The van der Waals surface area contributed by atoms with Gasteiger partial charge in [0.25, 0.3) is 5.91 Å². The van der Waals surface area contributed by atoms with Crippen molar-refractivity contribution in [3.63, 3.8) is 0 Å². The largest absolute Gasteiger partial charge is 0.272 e. The van der Waals surface area contributed by atoms with Crippen LogP contribution in [0.1, 0.15) is 10.4 Å². The third-order valence-corrected chi connectivity index (χ3v) is 1.12. The van der Waals surface area contributed by atoms with E-state index in [9.17, 15) is 9.18 Å². The zero-order valence-corrected chi connectivity index (χ0v) is 5.10. The molecule has 1 radical (unpaired) electrons. The Balaban J connectivity index is 3.15. The zero-order valence-electron chi connectivity index (χ0n) is 5.10. The SMILES string of the molecule is [NH]C(=O)c1ccccc1F. The average Bonchev–Trinajstić information content (AvgIpc) is 1.88. The van der Waals surface area contributed by atoms with Crippen LogP contribution in [-0.4, -0.2) is 5.91 Å². The molecule has 2 nitrogen and oxygen atoms in total. The predicted octanol–water partition coefficient (Wildman–Crippen LogP) is 1.25. The summed E-state index contributed by atoms with van der Waals surface area (Å²) >= 11 is 0. The van der Waals surface area contributed by atoms with Crippen LogP contribution in [0.15, 0.2) is 24.3 Å². The molecule has 0 heterocycles. The Hall–Kier alpha value is -1.38. The van der Waals surface area contributed by atoms with Crippen molar-refractivity contribution in [1.29, 1.82) is 0 Å². The molecule has 0 aliphatic rings. The molecule has 0 aliphatic carbocycles. The molecule has 1 rings (SSSR count). The van der Waals surface area contributed by atoms with Crippen LogP contribution < -0.4 is 5.73 Å². The Morgan fingerprint density at radius 2 is 2.00 bits per heavy atom. The lowest BCUT2D eigenvalue weighted by Gasteiger charge is -1.93. The van der Waals surface area contributed by atoms with Crippen molar-refractivity contribution < 1.29 is 9.18 Å². The van der Waals surface area contributed by atoms with Gasteiger partial charge >= 0.3 is 0 Å². The molecule has 1 N–H and O–H groups in total. The van der Waals surface area contributed by atoms with Crippen LogP contribution in [0.4, 0.5) is 4.39 Å². The van der Waals surface area contributed by atoms with Gasteiger partial charge < -0.3 is 0 Å². The minimum absolute atomic E-state index is 0.178. The Labute approximate surface area is 57.5 Å². The second-order valence-corrected chi connectivity index (χ2v) is 1.81. The van der Waals surface area contributed by atoms with E-state index in [-0.39, 0.29) is 5.56 Å². The Kier molecular flexibility index (Phi) is 1.67. The van der Waals surface area contributed by atoms with Crippen molar-refractivity contribution in [3.8, 4) is 0 Å². The number of nitrogens with one attached hydrogen (secondary N) is 1. The molecule has 0 bridgehead atoms. The van der Waals surface area contributed by atoms with Crippen molar-refractivity contribution >= 4 is 5.91 Å². The zero-order chi connectivity index (χ0) is 7.56. The number of benzene rings is 1. The van der Waals surface area contributed by atoms with Crippen molar-refractivity contribution in [2.75, 3.05) is 0 Å². The van der Waals surface area contributed by atoms with Crippen molar-refractivity contribution in [2.24, 2.45) is 0 Å². The summed E-state index contributed by atoms with van der Waals surface area (Å²) < 4.78 is 12.5. The van der Waals surface area contributed by atoms with Crippen LogP contribution >= 0.6 is 0 Å². The summed E-state index contributed by atoms with van der Waals surface area (Å²) in [5.41, 5.74) is 6.40. The third kappa shape index (κ3) is 1.13. The van der Waals surface area contributed by atoms with Crippen LogP contribution in [0.25, 0.3) is 0 Å². The van der Waals surface area contributed by atoms with Gasteiger partial charge in [0.2, 0.25) is 0 Å². The van der Waals surface area contributed by atoms with E-state index in [1.807, 2.05) is 0 Å². The molecule has 1 aromatic rings. The van der Waals surface area contributed by atoms with Gasteiger partial charge in [-0.2, -0.15) is 0 Å². The van der Waals surface area contributed by atoms with Crippen molar-refractivity contribution in [2.45, 2.75) is 0 Å². The highest BCUT2D eigenvalue weighted by molar-refractivity contribution is 5.92. The van der Waals surface area contributed by atoms with Gasteiger partial charge in [-0.25, -0.2) is 4.39 Å². The molecule has 0 unspecified atom stereocenters. The van der Waals surface area contributed by atoms with Gasteiger partial charge in [0, 0.05) is 0 Å². The van der Waals surface area contributed by atoms with E-state index in [2.05, 4.69) is 0 Å². The minimum atomic E-state index is -0.988. The quantitative estimate of drug-likeness (QED) is 0.575. The monoisotopic (exact) mass is 138 g/mol.